The van der Waals surface area contributed by atoms with Crippen LogP contribution in [0, 0.1) is 0 Å². The summed E-state index contributed by atoms with van der Waals surface area (Å²) < 4.78 is 23.4. The SMILES string of the molecule is CCCCCCCCC/C=C\CCCCCCCC(=O)NC(COP(=O)([O-])OCC[N+](C)(C)C)C(O)CCCCCCCCCCCCCCCCCCCCCCCCCCCCCCCC. The molecule has 0 fully saturated rings. The Labute approximate surface area is 424 Å². The first-order valence-electron chi connectivity index (χ1n) is 30.0. The standard InChI is InChI=1S/C59H119N2O6P/c1-6-8-10-12-14-16-18-20-22-24-25-26-27-28-29-30-31-32-33-34-35-36-37-38-40-42-44-46-48-50-52-58(62)57(56-67-68(64,65)66-55-54-61(3,4)5)60-59(63)53-51-49-47-45-43-41-39-23-21-19-17-15-13-11-9-7-2/h23,39,57-58,62H,6-22,24-38,40-56H2,1-5H3,(H-,60,63,64,65)/b39-23-. The van der Waals surface area contributed by atoms with Gasteiger partial charge in [0.2, 0.25) is 5.91 Å². The monoisotopic (exact) mass is 983 g/mol. The van der Waals surface area contributed by atoms with E-state index in [0.717, 1.165) is 51.4 Å². The number of quaternary nitrogens is 1. The van der Waals surface area contributed by atoms with Gasteiger partial charge in [-0.25, -0.2) is 0 Å². The molecule has 0 radical (unpaired) electrons. The number of phosphoric acid groups is 1. The van der Waals surface area contributed by atoms with Crippen LogP contribution in [0.2, 0.25) is 0 Å². The molecule has 0 rings (SSSR count). The van der Waals surface area contributed by atoms with Gasteiger partial charge in [-0.2, -0.15) is 0 Å². The van der Waals surface area contributed by atoms with Crippen molar-refractivity contribution < 1.29 is 32.9 Å². The summed E-state index contributed by atoms with van der Waals surface area (Å²) in [6, 6.07) is -0.803. The molecule has 2 N–H and O–H groups in total. The van der Waals surface area contributed by atoms with Crippen molar-refractivity contribution in [1.29, 1.82) is 0 Å². The van der Waals surface area contributed by atoms with E-state index < -0.39 is 20.0 Å². The topological polar surface area (TPSA) is 108 Å². The molecule has 0 saturated heterocycles. The van der Waals surface area contributed by atoms with Crippen LogP contribution >= 0.6 is 7.82 Å². The predicted molar refractivity (Wildman–Crippen MR) is 293 cm³/mol. The van der Waals surface area contributed by atoms with E-state index in [2.05, 4.69) is 31.3 Å². The summed E-state index contributed by atoms with van der Waals surface area (Å²) >= 11 is 0. The zero-order chi connectivity index (χ0) is 49.9. The van der Waals surface area contributed by atoms with Gasteiger partial charge in [-0.15, -0.1) is 0 Å². The summed E-state index contributed by atoms with van der Waals surface area (Å²) in [5.41, 5.74) is 0. The summed E-state index contributed by atoms with van der Waals surface area (Å²) in [5.74, 6) is -0.168. The molecule has 0 saturated carbocycles. The molecule has 0 spiro atoms. The maximum atomic E-state index is 13.0. The highest BCUT2D eigenvalue weighted by atomic mass is 31.2. The molecule has 68 heavy (non-hydrogen) atoms. The summed E-state index contributed by atoms with van der Waals surface area (Å²) in [4.78, 5) is 25.5. The molecule has 0 aliphatic rings. The number of hydrogen-bond donors (Lipinski definition) is 2. The van der Waals surface area contributed by atoms with Crippen molar-refractivity contribution in [1.82, 2.24) is 5.32 Å². The molecule has 0 aliphatic carbocycles. The van der Waals surface area contributed by atoms with Crippen molar-refractivity contribution in [3.05, 3.63) is 12.2 Å². The normalized spacial score (nSPS) is 13.9. The number of nitrogens with one attached hydrogen (secondary N) is 1. The minimum Gasteiger partial charge on any atom is -0.756 e. The van der Waals surface area contributed by atoms with Crippen LogP contribution in [0.15, 0.2) is 12.2 Å². The molecule has 0 heterocycles. The average Bonchev–Trinajstić information content (AvgIpc) is 3.30. The van der Waals surface area contributed by atoms with Gasteiger partial charge in [0.25, 0.3) is 7.82 Å². The molecule has 0 aromatic rings. The fourth-order valence-corrected chi connectivity index (χ4v) is 10.00. The van der Waals surface area contributed by atoms with E-state index in [9.17, 15) is 19.4 Å². The van der Waals surface area contributed by atoms with E-state index in [1.165, 1.54) is 231 Å². The number of aliphatic hydroxyl groups excluding tert-OH is 1. The zero-order valence-electron chi connectivity index (χ0n) is 46.3. The molecule has 0 aromatic carbocycles. The first kappa shape index (κ1) is 67.2. The lowest BCUT2D eigenvalue weighted by Crippen LogP contribution is -2.46. The van der Waals surface area contributed by atoms with Crippen LogP contribution in [0.4, 0.5) is 0 Å². The quantitative estimate of drug-likeness (QED) is 0.0272. The Morgan fingerprint density at radius 1 is 0.500 bits per heavy atom. The first-order valence-corrected chi connectivity index (χ1v) is 31.5. The Kier molecular flexibility index (Phi) is 50.6. The van der Waals surface area contributed by atoms with E-state index in [1.54, 1.807) is 0 Å². The molecule has 3 unspecified atom stereocenters. The zero-order valence-corrected chi connectivity index (χ0v) is 47.2. The highest BCUT2D eigenvalue weighted by Crippen LogP contribution is 2.38. The van der Waals surface area contributed by atoms with E-state index >= 15 is 0 Å². The number of rotatable bonds is 56. The molecular formula is C59H119N2O6P. The van der Waals surface area contributed by atoms with Gasteiger partial charge in [0.05, 0.1) is 39.9 Å². The second kappa shape index (κ2) is 51.2. The highest BCUT2D eigenvalue weighted by Gasteiger charge is 2.24. The lowest BCUT2D eigenvalue weighted by Gasteiger charge is -2.30. The lowest BCUT2D eigenvalue weighted by atomic mass is 10.0. The van der Waals surface area contributed by atoms with Crippen LogP contribution in [0.1, 0.15) is 309 Å². The van der Waals surface area contributed by atoms with Gasteiger partial charge in [0, 0.05) is 6.42 Å². The largest absolute Gasteiger partial charge is 0.756 e. The highest BCUT2D eigenvalue weighted by molar-refractivity contribution is 7.45. The average molecular weight is 984 g/mol. The van der Waals surface area contributed by atoms with Crippen LogP contribution in [0.5, 0.6) is 0 Å². The number of phosphoric ester groups is 1. The first-order chi connectivity index (χ1) is 33.0. The Morgan fingerprint density at radius 3 is 1.15 bits per heavy atom. The number of unbranched alkanes of at least 4 members (excludes halogenated alkanes) is 41. The fraction of sp³-hybridized carbons (Fsp3) is 0.949. The van der Waals surface area contributed by atoms with E-state index in [4.69, 9.17) is 9.05 Å². The van der Waals surface area contributed by atoms with Gasteiger partial charge >= 0.3 is 0 Å². The van der Waals surface area contributed by atoms with Crippen molar-refractivity contribution in [3.8, 4) is 0 Å². The molecule has 0 bridgehead atoms. The van der Waals surface area contributed by atoms with Gasteiger partial charge in [-0.3, -0.25) is 9.36 Å². The fourth-order valence-electron chi connectivity index (χ4n) is 9.27. The number of carbonyl (C=O) groups excluding carboxylic acids is 1. The smallest absolute Gasteiger partial charge is 0.268 e. The number of likely N-dealkylation sites (N-methyl/N-ethyl adjacent to an activating group) is 1. The van der Waals surface area contributed by atoms with Gasteiger partial charge in [-0.1, -0.05) is 276 Å². The van der Waals surface area contributed by atoms with Crippen LogP contribution < -0.4 is 10.2 Å². The van der Waals surface area contributed by atoms with Gasteiger partial charge in [0.1, 0.15) is 13.2 Å². The van der Waals surface area contributed by atoms with Crippen molar-refractivity contribution in [3.63, 3.8) is 0 Å². The molecular weight excluding hydrogens is 864 g/mol. The van der Waals surface area contributed by atoms with Gasteiger partial charge in [0.15, 0.2) is 0 Å². The number of aliphatic hydroxyl groups is 1. The Hall–Kier alpha value is -0.760. The van der Waals surface area contributed by atoms with Crippen LogP contribution in [0.25, 0.3) is 0 Å². The molecule has 0 aromatic heterocycles. The lowest BCUT2D eigenvalue weighted by molar-refractivity contribution is -0.870. The number of allylic oxidation sites excluding steroid dienone is 2. The molecule has 0 aliphatic heterocycles. The molecule has 8 nitrogen and oxygen atoms in total. The third-order valence-corrected chi connectivity index (χ3v) is 15.0. The summed E-state index contributed by atoms with van der Waals surface area (Å²) in [6.07, 6.45) is 62.6. The van der Waals surface area contributed by atoms with Crippen LogP contribution in [-0.2, 0) is 18.4 Å². The molecule has 9 heteroatoms. The number of hydrogen-bond acceptors (Lipinski definition) is 6. The molecule has 406 valence electrons. The number of amides is 1. The minimum absolute atomic E-state index is 0.0130. The second-order valence-corrected chi connectivity index (χ2v) is 23.5. The van der Waals surface area contributed by atoms with Gasteiger partial charge in [-0.05, 0) is 38.5 Å². The second-order valence-electron chi connectivity index (χ2n) is 22.1. The van der Waals surface area contributed by atoms with Gasteiger partial charge < -0.3 is 28.8 Å². The van der Waals surface area contributed by atoms with Crippen LogP contribution in [-0.4, -0.2) is 68.5 Å². The van der Waals surface area contributed by atoms with Crippen molar-refractivity contribution in [2.45, 2.75) is 321 Å². The summed E-state index contributed by atoms with van der Waals surface area (Å²) in [6.45, 7) is 4.76. The Morgan fingerprint density at radius 2 is 0.809 bits per heavy atom. The van der Waals surface area contributed by atoms with Crippen LogP contribution in [0.3, 0.4) is 0 Å². The minimum atomic E-state index is -4.57. The third-order valence-electron chi connectivity index (χ3n) is 14.0. The number of carbonyl (C=O) groups is 1. The predicted octanol–water partition coefficient (Wildman–Crippen LogP) is 17.6. The molecule has 3 atom stereocenters. The molecule has 1 amide bonds. The van der Waals surface area contributed by atoms with E-state index in [1.807, 2.05) is 21.1 Å². The van der Waals surface area contributed by atoms with Crippen molar-refractivity contribution in [2.75, 3.05) is 40.9 Å². The number of nitrogens with zero attached hydrogens (tertiary/aromatic N) is 1. The Balaban J connectivity index is 4.04. The summed E-state index contributed by atoms with van der Waals surface area (Å²) in [7, 11) is 1.31. The third kappa shape index (κ3) is 53.0. The van der Waals surface area contributed by atoms with E-state index in [-0.39, 0.29) is 19.1 Å². The maximum absolute atomic E-state index is 13.0. The Bertz CT molecular complexity index is 1120. The summed E-state index contributed by atoms with van der Waals surface area (Å²) in [5, 5.41) is 14.0. The van der Waals surface area contributed by atoms with Crippen molar-refractivity contribution >= 4 is 13.7 Å². The maximum Gasteiger partial charge on any atom is 0.268 e. The van der Waals surface area contributed by atoms with E-state index in [0.29, 0.717) is 23.9 Å². The van der Waals surface area contributed by atoms with Crippen molar-refractivity contribution in [2.24, 2.45) is 0 Å².